The number of carbonyl (C=O) groups excluding carboxylic acids is 1. The summed E-state index contributed by atoms with van der Waals surface area (Å²) in [6, 6.07) is 8.03. The summed E-state index contributed by atoms with van der Waals surface area (Å²) in [4.78, 5) is 12.1. The van der Waals surface area contributed by atoms with Crippen molar-refractivity contribution in [3.8, 4) is 5.75 Å². The highest BCUT2D eigenvalue weighted by Crippen LogP contribution is 2.20. The third-order valence-corrected chi connectivity index (χ3v) is 5.63. The number of aryl methyl sites for hydroxylation is 2. The van der Waals surface area contributed by atoms with Crippen LogP contribution in [0.1, 0.15) is 30.2 Å². The number of carbonyl (C=O) groups is 1. The molecule has 2 aromatic heterocycles. The summed E-state index contributed by atoms with van der Waals surface area (Å²) in [7, 11) is 0. The molecule has 0 fully saturated rings. The fourth-order valence-corrected chi connectivity index (χ4v) is 3.88. The van der Waals surface area contributed by atoms with E-state index < -0.39 is 0 Å². The maximum Gasteiger partial charge on any atom is 0.236 e. The quantitative estimate of drug-likeness (QED) is 0.533. The number of aromatic nitrogens is 5. The summed E-state index contributed by atoms with van der Waals surface area (Å²) >= 11 is 2.67. The molecule has 0 bridgehead atoms. The molecule has 1 amide bonds. The minimum atomic E-state index is -0.152. The maximum atomic E-state index is 12.1. The molecule has 0 saturated heterocycles. The summed E-state index contributed by atoms with van der Waals surface area (Å²) in [6.45, 7) is 6.99. The molecule has 0 aliphatic rings. The zero-order chi connectivity index (χ0) is 19.9. The second-order valence-corrected chi connectivity index (χ2v) is 8.02. The summed E-state index contributed by atoms with van der Waals surface area (Å²) in [5.41, 5.74) is 1.27. The smallest absolute Gasteiger partial charge is 0.236 e. The van der Waals surface area contributed by atoms with Crippen molar-refractivity contribution in [2.24, 2.45) is 0 Å². The Morgan fingerprint density at radius 3 is 2.61 bits per heavy atom. The van der Waals surface area contributed by atoms with Gasteiger partial charge in [0.15, 0.2) is 11.0 Å². The van der Waals surface area contributed by atoms with Crippen molar-refractivity contribution in [1.29, 1.82) is 0 Å². The maximum absolute atomic E-state index is 12.1. The van der Waals surface area contributed by atoms with Gasteiger partial charge in [-0.1, -0.05) is 42.2 Å². The fourth-order valence-electron chi connectivity index (χ4n) is 2.45. The Morgan fingerprint density at radius 2 is 1.96 bits per heavy atom. The van der Waals surface area contributed by atoms with Crippen LogP contribution in [-0.2, 0) is 24.4 Å². The molecule has 3 rings (SSSR count). The first-order valence-corrected chi connectivity index (χ1v) is 10.8. The molecule has 3 aromatic rings. The van der Waals surface area contributed by atoms with Crippen molar-refractivity contribution >= 4 is 34.1 Å². The number of hydrogen-bond donors (Lipinski definition) is 1. The highest BCUT2D eigenvalue weighted by molar-refractivity contribution is 7.99. The van der Waals surface area contributed by atoms with Gasteiger partial charge in [-0.15, -0.1) is 20.4 Å². The van der Waals surface area contributed by atoms with Gasteiger partial charge in [0.1, 0.15) is 17.4 Å². The molecule has 0 spiro atoms. The average molecular weight is 419 g/mol. The molecule has 2 heterocycles. The number of anilines is 1. The monoisotopic (exact) mass is 418 g/mol. The molecule has 28 heavy (non-hydrogen) atoms. The van der Waals surface area contributed by atoms with Gasteiger partial charge in [0.05, 0.1) is 5.75 Å². The number of nitrogens with one attached hydrogen (secondary N) is 1. The van der Waals surface area contributed by atoms with E-state index in [1.54, 1.807) is 0 Å². The van der Waals surface area contributed by atoms with Crippen LogP contribution >= 0.6 is 23.1 Å². The van der Waals surface area contributed by atoms with Gasteiger partial charge in [-0.25, -0.2) is 0 Å². The van der Waals surface area contributed by atoms with Gasteiger partial charge in [-0.2, -0.15) is 0 Å². The number of hydrogen-bond acceptors (Lipinski definition) is 8. The lowest BCUT2D eigenvalue weighted by Crippen LogP contribution is -2.14. The minimum Gasteiger partial charge on any atom is -0.486 e. The van der Waals surface area contributed by atoms with E-state index in [4.69, 9.17) is 4.74 Å². The second kappa shape index (κ2) is 9.65. The van der Waals surface area contributed by atoms with Crippen LogP contribution in [0, 0.1) is 6.92 Å². The summed E-state index contributed by atoms with van der Waals surface area (Å²) in [5.74, 6) is 1.59. The van der Waals surface area contributed by atoms with Gasteiger partial charge in [0, 0.05) is 6.54 Å². The molecular formula is C18H22N6O2S2. The van der Waals surface area contributed by atoms with E-state index in [9.17, 15) is 4.79 Å². The van der Waals surface area contributed by atoms with Gasteiger partial charge < -0.3 is 9.30 Å². The molecule has 148 valence electrons. The standard InChI is InChI=1S/C18H22N6O2S2/c1-4-13-6-8-14(9-7-13)26-10-15-21-23-18(24(15)5-2)27-11-16(25)19-17-22-20-12(3)28-17/h6-9H,4-5,10-11H2,1-3H3,(H,19,22,25). The molecule has 0 atom stereocenters. The van der Waals surface area contributed by atoms with Gasteiger partial charge in [0.2, 0.25) is 11.0 Å². The SMILES string of the molecule is CCc1ccc(OCc2nnc(SCC(=O)Nc3nnc(C)s3)n2CC)cc1. The molecule has 10 heteroatoms. The zero-order valence-electron chi connectivity index (χ0n) is 16.0. The van der Waals surface area contributed by atoms with E-state index in [1.807, 2.05) is 30.5 Å². The van der Waals surface area contributed by atoms with Gasteiger partial charge >= 0.3 is 0 Å². The lowest BCUT2D eigenvalue weighted by Gasteiger charge is -2.09. The predicted molar refractivity (Wildman–Crippen MR) is 110 cm³/mol. The van der Waals surface area contributed by atoms with Crippen LogP contribution in [0.15, 0.2) is 29.4 Å². The highest BCUT2D eigenvalue weighted by Gasteiger charge is 2.14. The van der Waals surface area contributed by atoms with E-state index in [2.05, 4.69) is 44.8 Å². The Hall–Kier alpha value is -2.46. The highest BCUT2D eigenvalue weighted by atomic mass is 32.2. The van der Waals surface area contributed by atoms with Crippen molar-refractivity contribution < 1.29 is 9.53 Å². The largest absolute Gasteiger partial charge is 0.486 e. The second-order valence-electron chi connectivity index (χ2n) is 5.89. The molecule has 0 aliphatic carbocycles. The van der Waals surface area contributed by atoms with Crippen molar-refractivity contribution in [2.45, 2.75) is 45.5 Å². The summed E-state index contributed by atoms with van der Waals surface area (Å²) in [5, 5.41) is 20.9. The molecule has 0 saturated carbocycles. The summed E-state index contributed by atoms with van der Waals surface area (Å²) in [6.07, 6.45) is 0.997. The van der Waals surface area contributed by atoms with Crippen molar-refractivity contribution in [3.63, 3.8) is 0 Å². The Bertz CT molecular complexity index is 923. The predicted octanol–water partition coefficient (Wildman–Crippen LogP) is 3.33. The number of rotatable bonds is 9. The molecular weight excluding hydrogens is 396 g/mol. The first kappa shape index (κ1) is 20.3. The van der Waals surface area contributed by atoms with E-state index in [-0.39, 0.29) is 11.7 Å². The first-order valence-electron chi connectivity index (χ1n) is 8.95. The van der Waals surface area contributed by atoms with Gasteiger partial charge in [0.25, 0.3) is 0 Å². The topological polar surface area (TPSA) is 94.8 Å². The molecule has 0 radical (unpaired) electrons. The van der Waals surface area contributed by atoms with Crippen LogP contribution < -0.4 is 10.1 Å². The van der Waals surface area contributed by atoms with Crippen LogP contribution in [0.4, 0.5) is 5.13 Å². The molecule has 0 unspecified atom stereocenters. The number of ether oxygens (including phenoxy) is 1. The first-order chi connectivity index (χ1) is 13.6. The van der Waals surface area contributed by atoms with Crippen LogP contribution in [-0.4, -0.2) is 36.6 Å². The Morgan fingerprint density at radius 1 is 1.18 bits per heavy atom. The Balaban J connectivity index is 1.55. The Labute approximate surface area is 171 Å². The van der Waals surface area contributed by atoms with Crippen molar-refractivity contribution in [2.75, 3.05) is 11.1 Å². The number of amides is 1. The lowest BCUT2D eigenvalue weighted by atomic mass is 10.2. The van der Waals surface area contributed by atoms with Gasteiger partial charge in [-0.3, -0.25) is 10.1 Å². The van der Waals surface area contributed by atoms with Crippen molar-refractivity contribution in [1.82, 2.24) is 25.0 Å². The van der Waals surface area contributed by atoms with Crippen LogP contribution in [0.3, 0.4) is 0 Å². The fraction of sp³-hybridized carbons (Fsp3) is 0.389. The van der Waals surface area contributed by atoms with Crippen LogP contribution in [0.25, 0.3) is 0 Å². The average Bonchev–Trinajstić information content (AvgIpc) is 3.30. The number of nitrogens with zero attached hydrogens (tertiary/aromatic N) is 5. The summed E-state index contributed by atoms with van der Waals surface area (Å²) < 4.78 is 7.78. The minimum absolute atomic E-state index is 0.152. The normalized spacial score (nSPS) is 10.8. The zero-order valence-corrected chi connectivity index (χ0v) is 17.6. The van der Waals surface area contributed by atoms with E-state index >= 15 is 0 Å². The van der Waals surface area contributed by atoms with E-state index in [0.29, 0.717) is 23.4 Å². The molecule has 1 aromatic carbocycles. The molecule has 8 nitrogen and oxygen atoms in total. The number of benzene rings is 1. The van der Waals surface area contributed by atoms with Gasteiger partial charge in [-0.05, 0) is 38.0 Å². The molecule has 1 N–H and O–H groups in total. The molecule has 0 aliphatic heterocycles. The number of thioether (sulfide) groups is 1. The van der Waals surface area contributed by atoms with Crippen molar-refractivity contribution in [3.05, 3.63) is 40.7 Å². The third kappa shape index (κ3) is 5.29. The third-order valence-electron chi connectivity index (χ3n) is 3.91. The van der Waals surface area contributed by atoms with E-state index in [0.717, 1.165) is 23.0 Å². The Kier molecular flexibility index (Phi) is 6.99. The lowest BCUT2D eigenvalue weighted by molar-refractivity contribution is -0.113. The van der Waals surface area contributed by atoms with Crippen LogP contribution in [0.5, 0.6) is 5.75 Å². The van der Waals surface area contributed by atoms with Crippen LogP contribution in [0.2, 0.25) is 0 Å². The van der Waals surface area contributed by atoms with E-state index in [1.165, 1.54) is 28.7 Å².